The highest BCUT2D eigenvalue weighted by molar-refractivity contribution is 7.17. The molecule has 1 aromatic carbocycles. The number of halogens is 2. The molecule has 0 aliphatic heterocycles. The number of imidazole rings is 1. The van der Waals surface area contributed by atoms with Gasteiger partial charge in [0.05, 0.1) is 5.69 Å². The van der Waals surface area contributed by atoms with Crippen molar-refractivity contribution in [3.05, 3.63) is 68.9 Å². The Morgan fingerprint density at radius 3 is 2.82 bits per heavy atom. The lowest BCUT2D eigenvalue weighted by Crippen LogP contribution is -1.96. The summed E-state index contributed by atoms with van der Waals surface area (Å²) >= 11 is 13.6. The minimum Gasteiger partial charge on any atom is -0.297 e. The van der Waals surface area contributed by atoms with Gasteiger partial charge >= 0.3 is 0 Å². The Labute approximate surface area is 173 Å². The molecule has 4 heterocycles. The topological polar surface area (TPSA) is 60.4 Å². The van der Waals surface area contributed by atoms with E-state index in [2.05, 4.69) is 20.3 Å². The van der Waals surface area contributed by atoms with E-state index in [-0.39, 0.29) is 0 Å². The predicted octanol–water partition coefficient (Wildman–Crippen LogP) is 5.29. The lowest BCUT2D eigenvalue weighted by molar-refractivity contribution is 0.944. The first-order chi connectivity index (χ1) is 13.6. The Morgan fingerprint density at radius 2 is 1.96 bits per heavy atom. The van der Waals surface area contributed by atoms with Crippen molar-refractivity contribution in [2.45, 2.75) is 6.92 Å². The molecule has 0 saturated carbocycles. The zero-order chi connectivity index (χ0) is 19.3. The third kappa shape index (κ3) is 2.88. The van der Waals surface area contributed by atoms with E-state index in [1.54, 1.807) is 16.6 Å². The standard InChI is InChI=1S/C19H12Cl2N6S/c1-11-17(26-9-3-2-4-15(26)22-11)18-23-24-19-27(18)25-16(28-19)8-6-12-5-7-13(20)10-14(12)21/h2-10H,1H3/b8-6+. The molecule has 0 aliphatic rings. The molecular weight excluding hydrogens is 415 g/mol. The molecule has 0 atom stereocenters. The summed E-state index contributed by atoms with van der Waals surface area (Å²) in [5, 5.41) is 15.3. The summed E-state index contributed by atoms with van der Waals surface area (Å²) in [4.78, 5) is 5.30. The smallest absolute Gasteiger partial charge is 0.235 e. The van der Waals surface area contributed by atoms with E-state index in [0.29, 0.717) is 20.8 Å². The molecule has 0 fully saturated rings. The fourth-order valence-corrected chi connectivity index (χ4v) is 4.24. The average Bonchev–Trinajstić information content (AvgIpc) is 3.33. The van der Waals surface area contributed by atoms with Gasteiger partial charge in [-0.15, -0.1) is 10.2 Å². The van der Waals surface area contributed by atoms with Crippen LogP contribution in [0.2, 0.25) is 10.0 Å². The summed E-state index contributed by atoms with van der Waals surface area (Å²) in [7, 11) is 0. The third-order valence-electron chi connectivity index (χ3n) is 4.29. The molecule has 0 aliphatic carbocycles. The van der Waals surface area contributed by atoms with Crippen LogP contribution >= 0.6 is 34.5 Å². The number of pyridine rings is 1. The first kappa shape index (κ1) is 17.4. The molecule has 4 aromatic heterocycles. The quantitative estimate of drug-likeness (QED) is 0.393. The highest BCUT2D eigenvalue weighted by Crippen LogP contribution is 2.27. The van der Waals surface area contributed by atoms with Crippen LogP contribution in [0.5, 0.6) is 0 Å². The summed E-state index contributed by atoms with van der Waals surface area (Å²) in [6.07, 6.45) is 5.77. The lowest BCUT2D eigenvalue weighted by Gasteiger charge is -1.99. The van der Waals surface area contributed by atoms with Crippen molar-refractivity contribution in [1.82, 2.24) is 29.2 Å². The molecule has 0 amide bonds. The zero-order valence-electron chi connectivity index (χ0n) is 14.5. The van der Waals surface area contributed by atoms with Gasteiger partial charge in [-0.3, -0.25) is 4.40 Å². The van der Waals surface area contributed by atoms with Gasteiger partial charge in [0.2, 0.25) is 10.8 Å². The Morgan fingerprint density at radius 1 is 1.07 bits per heavy atom. The predicted molar refractivity (Wildman–Crippen MR) is 113 cm³/mol. The normalized spacial score (nSPS) is 12.0. The Kier molecular flexibility index (Phi) is 4.16. The van der Waals surface area contributed by atoms with Gasteiger partial charge in [-0.25, -0.2) is 4.98 Å². The van der Waals surface area contributed by atoms with Crippen LogP contribution in [0.1, 0.15) is 16.3 Å². The Balaban J connectivity index is 1.57. The van der Waals surface area contributed by atoms with Crippen molar-refractivity contribution in [3.8, 4) is 11.5 Å². The van der Waals surface area contributed by atoms with Crippen LogP contribution < -0.4 is 0 Å². The van der Waals surface area contributed by atoms with Gasteiger partial charge in [0, 0.05) is 16.2 Å². The van der Waals surface area contributed by atoms with Gasteiger partial charge < -0.3 is 0 Å². The van der Waals surface area contributed by atoms with Crippen molar-refractivity contribution >= 4 is 57.3 Å². The maximum atomic E-state index is 6.23. The highest BCUT2D eigenvalue weighted by Gasteiger charge is 2.19. The van der Waals surface area contributed by atoms with Crippen molar-refractivity contribution in [2.75, 3.05) is 0 Å². The van der Waals surface area contributed by atoms with E-state index >= 15 is 0 Å². The molecule has 5 aromatic rings. The average molecular weight is 427 g/mol. The molecule has 9 heteroatoms. The number of hydrogen-bond donors (Lipinski definition) is 0. The van der Waals surface area contributed by atoms with Crippen molar-refractivity contribution < 1.29 is 0 Å². The summed E-state index contributed by atoms with van der Waals surface area (Å²) in [5.74, 6) is 0.659. The maximum Gasteiger partial charge on any atom is 0.235 e. The number of benzene rings is 1. The number of aryl methyl sites for hydroxylation is 1. The number of aromatic nitrogens is 6. The SMILES string of the molecule is Cc1nc2ccccn2c1-c1nnc2sc(/C=C/c3ccc(Cl)cc3Cl)nn12. The third-order valence-corrected chi connectivity index (χ3v) is 5.72. The monoisotopic (exact) mass is 426 g/mol. The minimum atomic E-state index is 0.591. The van der Waals surface area contributed by atoms with Gasteiger partial charge in [0.1, 0.15) is 16.3 Å². The molecule has 0 unspecified atom stereocenters. The van der Waals surface area contributed by atoms with E-state index in [0.717, 1.165) is 27.6 Å². The molecule has 28 heavy (non-hydrogen) atoms. The van der Waals surface area contributed by atoms with Gasteiger partial charge in [-0.05, 0) is 42.8 Å². The van der Waals surface area contributed by atoms with Crippen LogP contribution in [-0.2, 0) is 0 Å². The molecule has 0 radical (unpaired) electrons. The molecular formula is C19H12Cl2N6S. The highest BCUT2D eigenvalue weighted by atomic mass is 35.5. The van der Waals surface area contributed by atoms with E-state index in [4.69, 9.17) is 23.2 Å². The summed E-state index contributed by atoms with van der Waals surface area (Å²) in [6, 6.07) is 11.3. The number of nitrogens with zero attached hydrogens (tertiary/aromatic N) is 6. The first-order valence-electron chi connectivity index (χ1n) is 8.39. The first-order valence-corrected chi connectivity index (χ1v) is 9.97. The fourth-order valence-electron chi connectivity index (χ4n) is 3.03. The molecule has 6 nitrogen and oxygen atoms in total. The van der Waals surface area contributed by atoms with E-state index in [1.807, 2.05) is 53.9 Å². The van der Waals surface area contributed by atoms with E-state index < -0.39 is 0 Å². The van der Waals surface area contributed by atoms with Crippen molar-refractivity contribution in [3.63, 3.8) is 0 Å². The second-order valence-electron chi connectivity index (χ2n) is 6.13. The molecule has 138 valence electrons. The molecule has 0 saturated heterocycles. The van der Waals surface area contributed by atoms with Crippen LogP contribution in [0.4, 0.5) is 0 Å². The second-order valence-corrected chi connectivity index (χ2v) is 7.96. The van der Waals surface area contributed by atoms with E-state index in [9.17, 15) is 0 Å². The Hall–Kier alpha value is -2.74. The maximum absolute atomic E-state index is 6.23. The number of hydrogen-bond acceptors (Lipinski definition) is 5. The summed E-state index contributed by atoms with van der Waals surface area (Å²) in [5.41, 5.74) is 3.48. The Bertz CT molecular complexity index is 1360. The molecule has 0 spiro atoms. The van der Waals surface area contributed by atoms with Gasteiger partial charge in [0.15, 0.2) is 0 Å². The van der Waals surface area contributed by atoms with Crippen LogP contribution in [0.15, 0.2) is 42.6 Å². The fraction of sp³-hybridized carbons (Fsp3) is 0.0526. The second kappa shape index (κ2) is 6.70. The van der Waals surface area contributed by atoms with Crippen LogP contribution in [-0.4, -0.2) is 29.2 Å². The van der Waals surface area contributed by atoms with Gasteiger partial charge in [0.25, 0.3) is 0 Å². The minimum absolute atomic E-state index is 0.591. The van der Waals surface area contributed by atoms with Gasteiger partial charge in [-0.1, -0.05) is 52.7 Å². The van der Waals surface area contributed by atoms with Gasteiger partial charge in [-0.2, -0.15) is 9.61 Å². The van der Waals surface area contributed by atoms with Crippen LogP contribution in [0.3, 0.4) is 0 Å². The molecule has 0 N–H and O–H groups in total. The van der Waals surface area contributed by atoms with E-state index in [1.165, 1.54) is 11.3 Å². The number of fused-ring (bicyclic) bond motifs is 2. The van der Waals surface area contributed by atoms with Crippen LogP contribution in [0.25, 0.3) is 34.3 Å². The summed E-state index contributed by atoms with van der Waals surface area (Å²) in [6.45, 7) is 1.96. The van der Waals surface area contributed by atoms with Crippen molar-refractivity contribution in [1.29, 1.82) is 0 Å². The van der Waals surface area contributed by atoms with Crippen LogP contribution in [0, 0.1) is 6.92 Å². The largest absolute Gasteiger partial charge is 0.297 e. The molecule has 0 bridgehead atoms. The zero-order valence-corrected chi connectivity index (χ0v) is 16.9. The lowest BCUT2D eigenvalue weighted by atomic mass is 10.2. The number of rotatable bonds is 3. The molecule has 5 rings (SSSR count). The summed E-state index contributed by atoms with van der Waals surface area (Å²) < 4.78 is 3.74. The van der Waals surface area contributed by atoms with Crippen molar-refractivity contribution in [2.24, 2.45) is 0 Å².